The van der Waals surface area contributed by atoms with E-state index in [4.69, 9.17) is 14.4 Å². The number of nitrogens with zero attached hydrogens (tertiary/aromatic N) is 4. The van der Waals surface area contributed by atoms with Crippen LogP contribution in [0, 0.1) is 12.1 Å². The maximum Gasteiger partial charge on any atom is 0.120 e. The summed E-state index contributed by atoms with van der Waals surface area (Å²) in [6.45, 7) is 13.5. The fraction of sp³-hybridized carbons (Fsp3) is 0.158. The van der Waals surface area contributed by atoms with Crippen LogP contribution >= 0.6 is 0 Å². The van der Waals surface area contributed by atoms with E-state index in [0.717, 1.165) is 72.5 Å². The zero-order valence-electron chi connectivity index (χ0n) is 36.4. The number of rotatable bonds is 7. The summed E-state index contributed by atoms with van der Waals surface area (Å²) >= 11 is 0. The van der Waals surface area contributed by atoms with Crippen LogP contribution in [0.15, 0.2) is 168 Å². The molecule has 0 fully saturated rings. The van der Waals surface area contributed by atoms with Crippen LogP contribution in [-0.4, -0.2) is 19.1 Å². The summed E-state index contributed by atoms with van der Waals surface area (Å²) in [6, 6.07) is 63.7. The molecule has 8 aromatic carbocycles. The predicted molar refractivity (Wildman–Crippen MR) is 258 cm³/mol. The Morgan fingerprint density at radius 2 is 1.08 bits per heavy atom. The summed E-state index contributed by atoms with van der Waals surface area (Å²) in [4.78, 5) is 10.1. The van der Waals surface area contributed by atoms with E-state index in [-0.39, 0.29) is 20.1 Å². The van der Waals surface area contributed by atoms with Crippen molar-refractivity contribution in [2.24, 2.45) is 0 Å². The number of para-hydroxylation sites is 6. The number of imidazole rings is 2. The van der Waals surface area contributed by atoms with Gasteiger partial charge in [0.2, 0.25) is 0 Å². The van der Waals surface area contributed by atoms with Gasteiger partial charge in [0.1, 0.15) is 5.58 Å². The molecular formula is C57H48IrN4O-2. The minimum atomic E-state index is 0. The van der Waals surface area contributed by atoms with Crippen LogP contribution in [0.1, 0.15) is 76.0 Å². The Balaban J connectivity index is 0.000000163. The molecule has 0 spiro atoms. The Kier molecular flexibility index (Phi) is 11.5. The van der Waals surface area contributed by atoms with Crippen LogP contribution in [0.2, 0.25) is 0 Å². The molecule has 0 bridgehead atoms. The van der Waals surface area contributed by atoms with Gasteiger partial charge in [0.25, 0.3) is 0 Å². The third-order valence-electron chi connectivity index (χ3n) is 12.0. The topological polar surface area (TPSA) is 48.8 Å². The number of hydrogen-bond acceptors (Lipinski definition) is 3. The monoisotopic (exact) mass is 997 g/mol. The maximum atomic E-state index is 6.39. The number of benzene rings is 8. The molecule has 0 N–H and O–H groups in total. The Morgan fingerprint density at radius 1 is 0.492 bits per heavy atom. The fourth-order valence-corrected chi connectivity index (χ4v) is 8.93. The van der Waals surface area contributed by atoms with Gasteiger partial charge in [-0.3, -0.25) is 9.97 Å². The van der Waals surface area contributed by atoms with Gasteiger partial charge in [0, 0.05) is 36.9 Å². The fourth-order valence-electron chi connectivity index (χ4n) is 8.93. The van der Waals surface area contributed by atoms with Crippen molar-refractivity contribution in [2.45, 2.75) is 59.3 Å². The Labute approximate surface area is 382 Å². The molecule has 11 aromatic rings. The van der Waals surface area contributed by atoms with E-state index in [1.807, 2.05) is 48.5 Å². The zero-order valence-corrected chi connectivity index (χ0v) is 38.7. The van der Waals surface area contributed by atoms with Crippen LogP contribution in [0.25, 0.3) is 88.9 Å². The van der Waals surface area contributed by atoms with E-state index in [1.165, 1.54) is 33.2 Å². The van der Waals surface area contributed by atoms with Crippen LogP contribution in [0.3, 0.4) is 0 Å². The van der Waals surface area contributed by atoms with E-state index in [1.54, 1.807) is 0 Å². The maximum absolute atomic E-state index is 6.39. The second-order valence-electron chi connectivity index (χ2n) is 17.0. The molecule has 0 aliphatic heterocycles. The Bertz CT molecular complexity index is 3380. The van der Waals surface area contributed by atoms with E-state index in [9.17, 15) is 0 Å². The van der Waals surface area contributed by atoms with Gasteiger partial charge in [0.15, 0.2) is 0 Å². The normalized spacial score (nSPS) is 11.6. The quantitative estimate of drug-likeness (QED) is 0.150. The van der Waals surface area contributed by atoms with Crippen LogP contribution in [0.4, 0.5) is 0 Å². The van der Waals surface area contributed by atoms with Crippen molar-refractivity contribution in [3.8, 4) is 34.2 Å². The van der Waals surface area contributed by atoms with Crippen molar-refractivity contribution in [3.05, 3.63) is 193 Å². The van der Waals surface area contributed by atoms with Crippen LogP contribution < -0.4 is 0 Å². The molecule has 0 amide bonds. The van der Waals surface area contributed by atoms with Gasteiger partial charge >= 0.3 is 0 Å². The molecule has 0 saturated carbocycles. The summed E-state index contributed by atoms with van der Waals surface area (Å²) in [6.07, 6.45) is 0. The number of fused-ring (bicyclic) bond motifs is 6. The van der Waals surface area contributed by atoms with E-state index >= 15 is 0 Å². The summed E-state index contributed by atoms with van der Waals surface area (Å²) in [5, 5.41) is 4.64. The van der Waals surface area contributed by atoms with Gasteiger partial charge in [-0.1, -0.05) is 137 Å². The van der Waals surface area contributed by atoms with Gasteiger partial charge in [0.05, 0.1) is 39.3 Å². The average Bonchev–Trinajstić information content (AvgIpc) is 4.00. The minimum absolute atomic E-state index is 0. The molecule has 6 heteroatoms. The third kappa shape index (κ3) is 7.48. The van der Waals surface area contributed by atoms with Crippen molar-refractivity contribution >= 4 is 54.8 Å². The standard InChI is InChI=1S/C32H23N2O.C25H25N2.Ir/c1-20(2)26-18-21-10-3-4-11-22(21)19-29(26)34-28-16-7-6-15-27(28)33-32(34)25-14-9-13-24-23-12-5-8-17-30(23)35-31(24)25;1-17(2)20-13-10-14-21(18(3)4)24(20)27-23-16-9-8-15-22(23)26-25(27)19-11-6-5-7-12-19;/h3-13,15-20H,1-2H3;5-11,13-18H,1-4H3;/q2*-1;. The first kappa shape index (κ1) is 41.7. The van der Waals surface area contributed by atoms with Crippen molar-refractivity contribution in [1.29, 1.82) is 0 Å². The first-order chi connectivity index (χ1) is 30.3. The smallest absolute Gasteiger partial charge is 0.120 e. The van der Waals surface area contributed by atoms with Gasteiger partial charge in [-0.05, 0) is 87.7 Å². The molecule has 0 atom stereocenters. The number of hydrogen-bond donors (Lipinski definition) is 0. The molecular weight excluding hydrogens is 949 g/mol. The van der Waals surface area contributed by atoms with Gasteiger partial charge in [-0.2, -0.15) is 0 Å². The molecule has 3 heterocycles. The molecule has 11 rings (SSSR count). The molecule has 3 aromatic heterocycles. The van der Waals surface area contributed by atoms with Crippen molar-refractivity contribution < 1.29 is 24.5 Å². The molecule has 0 aliphatic carbocycles. The third-order valence-corrected chi connectivity index (χ3v) is 12.0. The second kappa shape index (κ2) is 17.3. The summed E-state index contributed by atoms with van der Waals surface area (Å²) in [5.41, 5.74) is 14.1. The first-order valence-corrected chi connectivity index (χ1v) is 21.7. The SMILES string of the molecule is CC(C)c1cc2ccccc2cc1-n1c(-c2[c-]ccc3c2oc2ccccc23)nc2ccccc21.CC(C)c1cccc(C(C)C)c1-n1c(-c2[c-]cccc2)nc2ccccc21.[Ir]. The molecule has 63 heavy (non-hydrogen) atoms. The van der Waals surface area contributed by atoms with Gasteiger partial charge in [-0.25, -0.2) is 0 Å². The zero-order chi connectivity index (χ0) is 42.5. The van der Waals surface area contributed by atoms with Crippen molar-refractivity contribution in [2.75, 3.05) is 0 Å². The number of furan rings is 1. The van der Waals surface area contributed by atoms with E-state index in [2.05, 4.69) is 178 Å². The average molecular weight is 997 g/mol. The van der Waals surface area contributed by atoms with E-state index in [0.29, 0.717) is 17.8 Å². The summed E-state index contributed by atoms with van der Waals surface area (Å²) in [7, 11) is 0. The Morgan fingerprint density at radius 3 is 1.75 bits per heavy atom. The predicted octanol–water partition coefficient (Wildman–Crippen LogP) is 15.4. The molecule has 0 unspecified atom stereocenters. The van der Waals surface area contributed by atoms with Crippen LogP contribution in [0.5, 0.6) is 0 Å². The molecule has 5 nitrogen and oxygen atoms in total. The molecule has 0 aliphatic rings. The Hall–Kier alpha value is -6.59. The second-order valence-corrected chi connectivity index (χ2v) is 17.0. The van der Waals surface area contributed by atoms with E-state index < -0.39 is 0 Å². The largest absolute Gasteiger partial charge is 0.501 e. The van der Waals surface area contributed by atoms with Gasteiger partial charge < -0.3 is 13.6 Å². The summed E-state index contributed by atoms with van der Waals surface area (Å²) < 4.78 is 11.0. The van der Waals surface area contributed by atoms with Crippen molar-refractivity contribution in [1.82, 2.24) is 19.1 Å². The minimum Gasteiger partial charge on any atom is -0.501 e. The summed E-state index contributed by atoms with van der Waals surface area (Å²) in [5.74, 6) is 2.98. The van der Waals surface area contributed by atoms with Crippen LogP contribution in [-0.2, 0) is 20.1 Å². The van der Waals surface area contributed by atoms with Gasteiger partial charge in [-0.15, -0.1) is 54.1 Å². The molecule has 1 radical (unpaired) electrons. The molecule has 0 saturated heterocycles. The first-order valence-electron chi connectivity index (χ1n) is 21.7. The van der Waals surface area contributed by atoms with Crippen molar-refractivity contribution in [3.63, 3.8) is 0 Å². The molecule has 313 valence electrons. The number of aromatic nitrogens is 4.